The molecule has 0 radical (unpaired) electrons. The molecule has 0 aromatic carbocycles. The molecular weight excluding hydrogens is 356 g/mol. The maximum Gasteiger partial charge on any atom is 0.337 e. The van der Waals surface area contributed by atoms with Crippen molar-refractivity contribution in [3.8, 4) is 0 Å². The Bertz CT molecular complexity index is 772. The van der Waals surface area contributed by atoms with Crippen molar-refractivity contribution in [1.29, 1.82) is 0 Å². The number of carbonyl (C=O) groups excluding carboxylic acids is 3. The zero-order chi connectivity index (χ0) is 19.8. The predicted octanol–water partition coefficient (Wildman–Crippen LogP) is 1.55. The first-order chi connectivity index (χ1) is 12.5. The average molecular weight is 380 g/mol. The molecule has 0 aromatic heterocycles. The van der Waals surface area contributed by atoms with Gasteiger partial charge in [-0.3, -0.25) is 9.59 Å². The minimum Gasteiger partial charge on any atom is -0.455 e. The van der Waals surface area contributed by atoms with Crippen LogP contribution in [0.5, 0.6) is 0 Å². The van der Waals surface area contributed by atoms with E-state index in [0.29, 0.717) is 5.57 Å². The molecule has 8 heteroatoms. The average Bonchev–Trinajstić information content (AvgIpc) is 3.35. The first-order valence-electron chi connectivity index (χ1n) is 9.17. The summed E-state index contributed by atoms with van der Waals surface area (Å²) in [4.78, 5) is 36.2. The highest BCUT2D eigenvalue weighted by molar-refractivity contribution is 5.93. The minimum absolute atomic E-state index is 0.0438. The maximum atomic E-state index is 12.5. The van der Waals surface area contributed by atoms with E-state index < -0.39 is 47.1 Å². The number of epoxide rings is 2. The Morgan fingerprint density at radius 3 is 2.44 bits per heavy atom. The molecule has 0 N–H and O–H groups in total. The Balaban J connectivity index is 1.85. The smallest absolute Gasteiger partial charge is 0.337 e. The molecule has 4 rings (SSSR count). The molecule has 3 heterocycles. The fourth-order valence-corrected chi connectivity index (χ4v) is 4.56. The summed E-state index contributed by atoms with van der Waals surface area (Å²) in [5, 5.41) is 0. The maximum absolute atomic E-state index is 12.5. The van der Waals surface area contributed by atoms with Gasteiger partial charge in [-0.25, -0.2) is 4.79 Å². The van der Waals surface area contributed by atoms with Gasteiger partial charge in [0.05, 0.1) is 29.3 Å². The molecule has 2 saturated heterocycles. The zero-order valence-corrected chi connectivity index (χ0v) is 16.1. The van der Waals surface area contributed by atoms with Crippen molar-refractivity contribution in [2.75, 3.05) is 0 Å². The van der Waals surface area contributed by atoms with Crippen LogP contribution in [0.15, 0.2) is 11.1 Å². The summed E-state index contributed by atoms with van der Waals surface area (Å²) in [6, 6.07) is 0. The van der Waals surface area contributed by atoms with Crippen LogP contribution in [0.1, 0.15) is 53.9 Å². The fourth-order valence-electron chi connectivity index (χ4n) is 4.56. The van der Waals surface area contributed by atoms with Gasteiger partial charge in [-0.15, -0.1) is 0 Å². The summed E-state index contributed by atoms with van der Waals surface area (Å²) in [5.41, 5.74) is -0.513. The monoisotopic (exact) mass is 380 g/mol. The first kappa shape index (κ1) is 18.4. The van der Waals surface area contributed by atoms with Crippen LogP contribution in [0, 0.1) is 0 Å². The fraction of sp³-hybridized carbons (Fsp3) is 0.737. The standard InChI is InChI=1S/C19H24O8/c1-9-13-14(23-10(2)20)15-17(4,26-15)7-6-12-18(5,25-12)8-19(13,24-11(3)21)27-16(9)22/h12,14-15H,6-8H2,1-5H3/t12-,14-,15+,17-,18+,19+/m1/s1. The highest BCUT2D eigenvalue weighted by atomic mass is 16.7. The summed E-state index contributed by atoms with van der Waals surface area (Å²) < 4.78 is 28.6. The number of rotatable bonds is 2. The number of esters is 3. The van der Waals surface area contributed by atoms with Crippen LogP contribution >= 0.6 is 0 Å². The van der Waals surface area contributed by atoms with Crippen molar-refractivity contribution in [3.05, 3.63) is 11.1 Å². The molecular formula is C19H24O8. The lowest BCUT2D eigenvalue weighted by Gasteiger charge is -2.35. The van der Waals surface area contributed by atoms with Crippen LogP contribution in [-0.2, 0) is 38.1 Å². The Hall–Kier alpha value is -1.93. The molecule has 0 bridgehead atoms. The number of hydrogen-bond acceptors (Lipinski definition) is 8. The zero-order valence-electron chi connectivity index (χ0n) is 16.1. The van der Waals surface area contributed by atoms with Gasteiger partial charge in [0, 0.05) is 19.4 Å². The van der Waals surface area contributed by atoms with Crippen LogP contribution in [0.25, 0.3) is 0 Å². The molecule has 0 unspecified atom stereocenters. The topological polar surface area (TPSA) is 104 Å². The van der Waals surface area contributed by atoms with E-state index in [1.807, 2.05) is 13.8 Å². The summed E-state index contributed by atoms with van der Waals surface area (Å²) in [7, 11) is 0. The second kappa shape index (κ2) is 5.54. The van der Waals surface area contributed by atoms with E-state index in [-0.39, 0.29) is 18.1 Å². The van der Waals surface area contributed by atoms with Gasteiger partial charge in [0.25, 0.3) is 5.79 Å². The molecule has 27 heavy (non-hydrogen) atoms. The third-order valence-corrected chi connectivity index (χ3v) is 6.00. The molecule has 1 aliphatic carbocycles. The highest BCUT2D eigenvalue weighted by Gasteiger charge is 2.69. The summed E-state index contributed by atoms with van der Waals surface area (Å²) in [6.45, 7) is 7.97. The Morgan fingerprint density at radius 1 is 1.11 bits per heavy atom. The molecule has 8 nitrogen and oxygen atoms in total. The SMILES string of the molecule is CC(=O)O[C@@H]1C2=C(C)C(=O)O[C@@]2(OC(C)=O)C[C@]2(C)O[C@@H]2CC[C@@]2(C)O[C@@H]12. The lowest BCUT2D eigenvalue weighted by atomic mass is 9.81. The van der Waals surface area contributed by atoms with Crippen molar-refractivity contribution >= 4 is 17.9 Å². The lowest BCUT2D eigenvalue weighted by molar-refractivity contribution is -0.214. The van der Waals surface area contributed by atoms with Gasteiger partial charge in [0.1, 0.15) is 6.10 Å². The lowest BCUT2D eigenvalue weighted by Crippen LogP contribution is -2.47. The van der Waals surface area contributed by atoms with Crippen LogP contribution in [0.3, 0.4) is 0 Å². The minimum atomic E-state index is -1.67. The van der Waals surface area contributed by atoms with E-state index in [0.717, 1.165) is 12.8 Å². The van der Waals surface area contributed by atoms with E-state index >= 15 is 0 Å². The Morgan fingerprint density at radius 2 is 1.81 bits per heavy atom. The predicted molar refractivity (Wildman–Crippen MR) is 89.3 cm³/mol. The van der Waals surface area contributed by atoms with Gasteiger partial charge in [-0.1, -0.05) is 0 Å². The van der Waals surface area contributed by atoms with E-state index in [1.165, 1.54) is 13.8 Å². The third kappa shape index (κ3) is 2.86. The normalized spacial score (nSPS) is 45.1. The van der Waals surface area contributed by atoms with Crippen molar-refractivity contribution in [3.63, 3.8) is 0 Å². The second-order valence-corrected chi connectivity index (χ2v) is 8.29. The number of hydrogen-bond donors (Lipinski definition) is 0. The van der Waals surface area contributed by atoms with Crippen molar-refractivity contribution in [2.45, 2.75) is 89.2 Å². The molecule has 0 spiro atoms. The van der Waals surface area contributed by atoms with E-state index in [2.05, 4.69) is 0 Å². The molecule has 3 fully saturated rings. The number of carbonyl (C=O) groups is 3. The summed E-state index contributed by atoms with van der Waals surface area (Å²) >= 11 is 0. The van der Waals surface area contributed by atoms with E-state index in [4.69, 9.17) is 23.7 Å². The molecule has 1 saturated carbocycles. The van der Waals surface area contributed by atoms with Crippen LogP contribution in [-0.4, -0.2) is 53.2 Å². The Kier molecular flexibility index (Phi) is 3.79. The van der Waals surface area contributed by atoms with Crippen LogP contribution in [0.2, 0.25) is 0 Å². The van der Waals surface area contributed by atoms with Gasteiger partial charge >= 0.3 is 17.9 Å². The second-order valence-electron chi connectivity index (χ2n) is 8.29. The third-order valence-electron chi connectivity index (χ3n) is 6.00. The molecule has 4 aliphatic rings. The van der Waals surface area contributed by atoms with Crippen molar-refractivity contribution in [2.24, 2.45) is 0 Å². The first-order valence-corrected chi connectivity index (χ1v) is 9.17. The number of ether oxygens (including phenoxy) is 5. The molecule has 6 atom stereocenters. The van der Waals surface area contributed by atoms with Gasteiger partial charge in [-0.05, 0) is 33.6 Å². The Labute approximate surface area is 157 Å². The molecule has 3 aliphatic heterocycles. The molecule has 148 valence electrons. The van der Waals surface area contributed by atoms with Crippen LogP contribution in [0.4, 0.5) is 0 Å². The van der Waals surface area contributed by atoms with Gasteiger partial charge < -0.3 is 23.7 Å². The van der Waals surface area contributed by atoms with Crippen molar-refractivity contribution in [1.82, 2.24) is 0 Å². The molecule has 0 aromatic rings. The van der Waals surface area contributed by atoms with Gasteiger partial charge in [0.2, 0.25) is 0 Å². The quantitative estimate of drug-likeness (QED) is 0.525. The van der Waals surface area contributed by atoms with Crippen LogP contribution < -0.4 is 0 Å². The van der Waals surface area contributed by atoms with Gasteiger partial charge in [0.15, 0.2) is 6.10 Å². The number of fused-ring (bicyclic) bond motifs is 3. The molecule has 0 amide bonds. The van der Waals surface area contributed by atoms with Crippen molar-refractivity contribution < 1.29 is 38.1 Å². The van der Waals surface area contributed by atoms with Gasteiger partial charge in [-0.2, -0.15) is 0 Å². The largest absolute Gasteiger partial charge is 0.455 e. The summed E-state index contributed by atoms with van der Waals surface area (Å²) in [5.74, 6) is -3.39. The summed E-state index contributed by atoms with van der Waals surface area (Å²) in [6.07, 6.45) is 0.258. The highest BCUT2D eigenvalue weighted by Crippen LogP contribution is 2.57. The van der Waals surface area contributed by atoms with E-state index in [1.54, 1.807) is 6.92 Å². The van der Waals surface area contributed by atoms with E-state index in [9.17, 15) is 14.4 Å².